The number of nitrogens with one attached hydrogen (secondary N) is 1. The molecule has 2 aromatic rings. The van der Waals surface area contributed by atoms with Crippen LogP contribution in [0.3, 0.4) is 0 Å². The van der Waals surface area contributed by atoms with Crippen LogP contribution in [-0.2, 0) is 11.3 Å². The summed E-state index contributed by atoms with van der Waals surface area (Å²) in [6.45, 7) is 3.57. The minimum absolute atomic E-state index is 0.00854. The fourth-order valence-corrected chi connectivity index (χ4v) is 3.09. The molecule has 2 aromatic carbocycles. The van der Waals surface area contributed by atoms with Crippen LogP contribution in [0.2, 0.25) is 0 Å². The van der Waals surface area contributed by atoms with Gasteiger partial charge in [-0.2, -0.15) is 5.26 Å². The number of nitriles is 1. The summed E-state index contributed by atoms with van der Waals surface area (Å²) in [5.41, 5.74) is 1.78. The van der Waals surface area contributed by atoms with E-state index in [1.807, 2.05) is 41.3 Å². The van der Waals surface area contributed by atoms with Crippen LogP contribution in [0.1, 0.15) is 11.1 Å². The largest absolute Gasteiger partial charge is 0.368 e. The molecule has 3 rings (SSSR count). The van der Waals surface area contributed by atoms with Crippen LogP contribution in [0.4, 0.5) is 10.1 Å². The minimum Gasteiger partial charge on any atom is -0.368 e. The second kappa shape index (κ2) is 8.45. The van der Waals surface area contributed by atoms with E-state index < -0.39 is 5.82 Å². The maximum absolute atomic E-state index is 13.8. The Morgan fingerprint density at radius 1 is 1.08 bits per heavy atom. The van der Waals surface area contributed by atoms with E-state index in [1.54, 1.807) is 12.1 Å². The van der Waals surface area contributed by atoms with Gasteiger partial charge in [0.25, 0.3) is 0 Å². The fourth-order valence-electron chi connectivity index (χ4n) is 3.09. The van der Waals surface area contributed by atoms with Crippen molar-refractivity contribution < 1.29 is 9.18 Å². The second-order valence-electron chi connectivity index (χ2n) is 6.27. The lowest BCUT2D eigenvalue weighted by atomic mass is 10.1. The van der Waals surface area contributed by atoms with Crippen LogP contribution in [0, 0.1) is 17.1 Å². The van der Waals surface area contributed by atoms with Gasteiger partial charge in [-0.25, -0.2) is 4.39 Å². The van der Waals surface area contributed by atoms with Crippen LogP contribution < -0.4 is 10.2 Å². The van der Waals surface area contributed by atoms with Crippen molar-refractivity contribution in [2.75, 3.05) is 37.6 Å². The van der Waals surface area contributed by atoms with Crippen molar-refractivity contribution in [3.63, 3.8) is 0 Å². The molecule has 0 unspecified atom stereocenters. The van der Waals surface area contributed by atoms with E-state index >= 15 is 0 Å². The molecule has 1 N–H and O–H groups in total. The van der Waals surface area contributed by atoms with Gasteiger partial charge in [-0.05, 0) is 17.7 Å². The van der Waals surface area contributed by atoms with Crippen LogP contribution in [0.25, 0.3) is 0 Å². The highest BCUT2D eigenvalue weighted by molar-refractivity contribution is 5.78. The number of hydrogen-bond donors (Lipinski definition) is 1. The summed E-state index contributed by atoms with van der Waals surface area (Å²) in [5, 5.41) is 12.1. The zero-order chi connectivity index (χ0) is 18.4. The highest BCUT2D eigenvalue weighted by atomic mass is 19.1. The van der Waals surface area contributed by atoms with Crippen LogP contribution >= 0.6 is 0 Å². The van der Waals surface area contributed by atoms with Gasteiger partial charge in [0.1, 0.15) is 17.4 Å². The summed E-state index contributed by atoms with van der Waals surface area (Å²) >= 11 is 0. The number of benzene rings is 2. The Morgan fingerprint density at radius 2 is 1.81 bits per heavy atom. The SMILES string of the molecule is N#Cc1c(F)cccc1N1CCN(CC(=O)NCc2ccccc2)CC1. The Labute approximate surface area is 152 Å². The molecular weight excluding hydrogens is 331 g/mol. The number of amides is 1. The minimum atomic E-state index is -0.493. The number of anilines is 1. The third-order valence-electron chi connectivity index (χ3n) is 4.52. The van der Waals surface area contributed by atoms with Crippen LogP contribution in [-0.4, -0.2) is 43.5 Å². The quantitative estimate of drug-likeness (QED) is 0.896. The lowest BCUT2D eigenvalue weighted by molar-refractivity contribution is -0.122. The molecular formula is C20H21FN4O. The number of piperazine rings is 1. The van der Waals surface area contributed by atoms with Gasteiger partial charge < -0.3 is 10.2 Å². The number of hydrogen-bond acceptors (Lipinski definition) is 4. The third kappa shape index (κ3) is 4.38. The van der Waals surface area contributed by atoms with Crippen LogP contribution in [0.15, 0.2) is 48.5 Å². The van der Waals surface area contributed by atoms with Crippen molar-refractivity contribution in [2.45, 2.75) is 6.54 Å². The van der Waals surface area contributed by atoms with E-state index in [0.717, 1.165) is 5.56 Å². The molecule has 0 radical (unpaired) electrons. The highest BCUT2D eigenvalue weighted by Crippen LogP contribution is 2.23. The van der Waals surface area contributed by atoms with Gasteiger partial charge in [-0.15, -0.1) is 0 Å². The van der Waals surface area contributed by atoms with Gasteiger partial charge in [0, 0.05) is 32.7 Å². The predicted octanol–water partition coefficient (Wildman–Crippen LogP) is 2.14. The van der Waals surface area contributed by atoms with E-state index in [4.69, 9.17) is 0 Å². The maximum atomic E-state index is 13.8. The Balaban J connectivity index is 1.49. The van der Waals surface area contributed by atoms with Gasteiger partial charge in [-0.1, -0.05) is 36.4 Å². The predicted molar refractivity (Wildman–Crippen MR) is 98.1 cm³/mol. The van der Waals surface area contributed by atoms with E-state index in [1.165, 1.54) is 6.07 Å². The van der Waals surface area contributed by atoms with Gasteiger partial charge in [0.15, 0.2) is 0 Å². The topological polar surface area (TPSA) is 59.4 Å². The Bertz CT molecular complexity index is 795. The first-order chi connectivity index (χ1) is 12.7. The zero-order valence-corrected chi connectivity index (χ0v) is 14.5. The maximum Gasteiger partial charge on any atom is 0.234 e. The summed E-state index contributed by atoms with van der Waals surface area (Å²) in [7, 11) is 0. The zero-order valence-electron chi connectivity index (χ0n) is 14.5. The van der Waals surface area contributed by atoms with Crippen molar-refractivity contribution >= 4 is 11.6 Å². The second-order valence-corrected chi connectivity index (χ2v) is 6.27. The molecule has 6 heteroatoms. The molecule has 1 aliphatic heterocycles. The van der Waals surface area contributed by atoms with E-state index in [9.17, 15) is 14.4 Å². The summed E-state index contributed by atoms with van der Waals surface area (Å²) in [5.74, 6) is -0.501. The van der Waals surface area contributed by atoms with Crippen molar-refractivity contribution in [1.29, 1.82) is 5.26 Å². The smallest absolute Gasteiger partial charge is 0.234 e. The molecule has 1 aliphatic rings. The average molecular weight is 352 g/mol. The first-order valence-electron chi connectivity index (χ1n) is 8.64. The van der Waals surface area contributed by atoms with E-state index in [-0.39, 0.29) is 11.5 Å². The van der Waals surface area contributed by atoms with Crippen molar-refractivity contribution in [1.82, 2.24) is 10.2 Å². The molecule has 0 aromatic heterocycles. The molecule has 26 heavy (non-hydrogen) atoms. The van der Waals surface area contributed by atoms with Crippen molar-refractivity contribution in [2.24, 2.45) is 0 Å². The molecule has 1 amide bonds. The standard InChI is InChI=1S/C20H21FN4O/c21-18-7-4-8-19(17(18)13-22)25-11-9-24(10-12-25)15-20(26)23-14-16-5-2-1-3-6-16/h1-8H,9-12,14-15H2,(H,23,26). The Kier molecular flexibility index (Phi) is 5.82. The first kappa shape index (κ1) is 17.9. The Morgan fingerprint density at radius 3 is 2.50 bits per heavy atom. The highest BCUT2D eigenvalue weighted by Gasteiger charge is 2.21. The number of halogens is 1. The van der Waals surface area contributed by atoms with Crippen LogP contribution in [0.5, 0.6) is 0 Å². The van der Waals surface area contributed by atoms with E-state index in [2.05, 4.69) is 10.2 Å². The summed E-state index contributed by atoms with van der Waals surface area (Å²) in [6.07, 6.45) is 0. The van der Waals surface area contributed by atoms with E-state index in [0.29, 0.717) is 45.0 Å². The van der Waals surface area contributed by atoms with Crippen molar-refractivity contribution in [3.05, 3.63) is 65.5 Å². The summed E-state index contributed by atoms with van der Waals surface area (Å²) < 4.78 is 13.8. The normalized spacial score (nSPS) is 14.7. The lowest BCUT2D eigenvalue weighted by Crippen LogP contribution is -2.49. The number of nitrogens with zero attached hydrogens (tertiary/aromatic N) is 3. The van der Waals surface area contributed by atoms with Gasteiger partial charge in [-0.3, -0.25) is 9.69 Å². The van der Waals surface area contributed by atoms with Gasteiger partial charge in [0.05, 0.1) is 12.2 Å². The molecule has 134 valence electrons. The lowest BCUT2D eigenvalue weighted by Gasteiger charge is -2.36. The summed E-state index contributed by atoms with van der Waals surface area (Å²) in [6, 6.07) is 16.4. The van der Waals surface area contributed by atoms with Crippen molar-refractivity contribution in [3.8, 4) is 6.07 Å². The molecule has 5 nitrogen and oxygen atoms in total. The molecule has 0 atom stereocenters. The third-order valence-corrected chi connectivity index (χ3v) is 4.52. The molecule has 1 fully saturated rings. The number of carbonyl (C=O) groups excluding carboxylic acids is 1. The monoisotopic (exact) mass is 352 g/mol. The molecule has 1 saturated heterocycles. The Hall–Kier alpha value is -2.91. The first-order valence-corrected chi connectivity index (χ1v) is 8.64. The molecule has 0 saturated carbocycles. The fraction of sp³-hybridized carbons (Fsp3) is 0.300. The van der Waals surface area contributed by atoms with Gasteiger partial charge in [0.2, 0.25) is 5.91 Å². The average Bonchev–Trinajstić information content (AvgIpc) is 2.67. The summed E-state index contributed by atoms with van der Waals surface area (Å²) in [4.78, 5) is 16.2. The number of carbonyl (C=O) groups is 1. The van der Waals surface area contributed by atoms with Gasteiger partial charge >= 0.3 is 0 Å². The number of rotatable bonds is 5. The molecule has 0 bridgehead atoms. The molecule has 1 heterocycles. The molecule has 0 spiro atoms. The molecule has 0 aliphatic carbocycles.